The smallest absolute Gasteiger partial charge is 0.230 e. The topological polar surface area (TPSA) is 41.1 Å². The zero-order valence-corrected chi connectivity index (χ0v) is 13.1. The predicted molar refractivity (Wildman–Crippen MR) is 85.6 cm³/mol. The van der Waals surface area contributed by atoms with Gasteiger partial charge in [-0.2, -0.15) is 0 Å². The van der Waals surface area contributed by atoms with Crippen molar-refractivity contribution < 1.29 is 4.79 Å². The standard InChI is InChI=1S/C17H23ClN2O/c18-14-6-3-5-13(11-14)17(8-1-2-9-17)16(21)20-15-7-4-10-19-12-15/h3,5-6,11,15,19H,1-2,4,7-10,12H2,(H,20,21)/t15-/m0/s1. The minimum absolute atomic E-state index is 0.191. The fourth-order valence-electron chi connectivity index (χ4n) is 3.71. The molecule has 1 saturated carbocycles. The maximum atomic E-state index is 13.0. The van der Waals surface area contributed by atoms with Gasteiger partial charge in [-0.3, -0.25) is 4.79 Å². The largest absolute Gasteiger partial charge is 0.351 e. The van der Waals surface area contributed by atoms with E-state index in [1.165, 1.54) is 0 Å². The maximum Gasteiger partial charge on any atom is 0.230 e. The highest BCUT2D eigenvalue weighted by Gasteiger charge is 2.43. The van der Waals surface area contributed by atoms with Crippen molar-refractivity contribution in [1.29, 1.82) is 0 Å². The van der Waals surface area contributed by atoms with E-state index in [4.69, 9.17) is 11.6 Å². The van der Waals surface area contributed by atoms with Crippen molar-refractivity contribution in [3.63, 3.8) is 0 Å². The van der Waals surface area contributed by atoms with Crippen LogP contribution in [0.25, 0.3) is 0 Å². The van der Waals surface area contributed by atoms with Crippen molar-refractivity contribution in [2.45, 2.75) is 50.0 Å². The Labute approximate surface area is 131 Å². The molecular weight excluding hydrogens is 284 g/mol. The fourth-order valence-corrected chi connectivity index (χ4v) is 3.90. The monoisotopic (exact) mass is 306 g/mol. The number of carbonyl (C=O) groups is 1. The lowest BCUT2D eigenvalue weighted by Crippen LogP contribution is -2.51. The first kappa shape index (κ1) is 14.9. The first-order valence-electron chi connectivity index (χ1n) is 7.98. The summed E-state index contributed by atoms with van der Waals surface area (Å²) >= 11 is 6.14. The summed E-state index contributed by atoms with van der Waals surface area (Å²) in [6, 6.07) is 8.11. The van der Waals surface area contributed by atoms with E-state index in [1.54, 1.807) is 0 Å². The number of hydrogen-bond acceptors (Lipinski definition) is 2. The van der Waals surface area contributed by atoms with Crippen molar-refractivity contribution in [3.05, 3.63) is 34.9 Å². The van der Waals surface area contributed by atoms with Gasteiger partial charge >= 0.3 is 0 Å². The van der Waals surface area contributed by atoms with E-state index in [1.807, 2.05) is 18.2 Å². The van der Waals surface area contributed by atoms with Crippen molar-refractivity contribution >= 4 is 17.5 Å². The van der Waals surface area contributed by atoms with Gasteiger partial charge in [-0.1, -0.05) is 36.6 Å². The Hall–Kier alpha value is -1.06. The highest BCUT2D eigenvalue weighted by atomic mass is 35.5. The van der Waals surface area contributed by atoms with Crippen LogP contribution in [0, 0.1) is 0 Å². The molecule has 0 aromatic heterocycles. The molecule has 21 heavy (non-hydrogen) atoms. The Morgan fingerprint density at radius 2 is 2.10 bits per heavy atom. The summed E-state index contributed by atoms with van der Waals surface area (Å²) in [7, 11) is 0. The number of hydrogen-bond donors (Lipinski definition) is 2. The van der Waals surface area contributed by atoms with E-state index in [9.17, 15) is 4.79 Å². The van der Waals surface area contributed by atoms with Crippen molar-refractivity contribution in [1.82, 2.24) is 10.6 Å². The van der Waals surface area contributed by atoms with Crippen LogP contribution in [0.4, 0.5) is 0 Å². The summed E-state index contributed by atoms with van der Waals surface area (Å²) in [6.45, 7) is 1.95. The number of benzene rings is 1. The van der Waals surface area contributed by atoms with Gasteiger partial charge in [-0.25, -0.2) is 0 Å². The third-order valence-corrected chi connectivity index (χ3v) is 5.14. The molecule has 4 heteroatoms. The van der Waals surface area contributed by atoms with Crippen LogP contribution in [0.2, 0.25) is 5.02 Å². The summed E-state index contributed by atoms with van der Waals surface area (Å²) in [6.07, 6.45) is 6.30. The summed E-state index contributed by atoms with van der Waals surface area (Å²) in [5, 5.41) is 7.35. The highest BCUT2D eigenvalue weighted by Crippen LogP contribution is 2.42. The first-order valence-corrected chi connectivity index (χ1v) is 8.36. The number of piperidine rings is 1. The molecule has 1 aromatic rings. The quantitative estimate of drug-likeness (QED) is 0.901. The maximum absolute atomic E-state index is 13.0. The van der Waals surface area contributed by atoms with Gasteiger partial charge in [-0.15, -0.1) is 0 Å². The van der Waals surface area contributed by atoms with Crippen molar-refractivity contribution in [2.75, 3.05) is 13.1 Å². The Morgan fingerprint density at radius 1 is 1.29 bits per heavy atom. The van der Waals surface area contributed by atoms with Gasteiger partial charge in [0, 0.05) is 17.6 Å². The van der Waals surface area contributed by atoms with Crippen LogP contribution in [0.5, 0.6) is 0 Å². The SMILES string of the molecule is O=C(N[C@H]1CCCNC1)C1(c2cccc(Cl)c2)CCCC1. The molecule has 0 unspecified atom stereocenters. The molecule has 114 valence electrons. The normalized spacial score (nSPS) is 24.7. The second-order valence-electron chi connectivity index (χ2n) is 6.32. The summed E-state index contributed by atoms with van der Waals surface area (Å²) in [5.41, 5.74) is 0.705. The third-order valence-electron chi connectivity index (χ3n) is 4.90. The minimum atomic E-state index is -0.373. The number of amides is 1. The fraction of sp³-hybridized carbons (Fsp3) is 0.588. The molecule has 1 aliphatic carbocycles. The van der Waals surface area contributed by atoms with Crippen LogP contribution in [-0.4, -0.2) is 25.0 Å². The van der Waals surface area contributed by atoms with Gasteiger partial charge in [0.25, 0.3) is 0 Å². The number of nitrogens with one attached hydrogen (secondary N) is 2. The molecule has 3 rings (SSSR count). The molecule has 1 aromatic carbocycles. The predicted octanol–water partition coefficient (Wildman–Crippen LogP) is 3.02. The molecule has 3 nitrogen and oxygen atoms in total. The van der Waals surface area contributed by atoms with Crippen LogP contribution in [0.15, 0.2) is 24.3 Å². The highest BCUT2D eigenvalue weighted by molar-refractivity contribution is 6.30. The Bertz CT molecular complexity index is 505. The second kappa shape index (κ2) is 6.37. The molecule has 0 radical (unpaired) electrons. The zero-order valence-electron chi connectivity index (χ0n) is 12.3. The van der Waals surface area contributed by atoms with Crippen molar-refractivity contribution in [3.8, 4) is 0 Å². The molecule has 1 heterocycles. The molecule has 2 N–H and O–H groups in total. The summed E-state index contributed by atoms with van der Waals surface area (Å²) < 4.78 is 0. The Balaban J connectivity index is 1.81. The lowest BCUT2D eigenvalue weighted by Gasteiger charge is -2.32. The van der Waals surface area contributed by atoms with E-state index in [0.717, 1.165) is 57.2 Å². The molecular formula is C17H23ClN2O. The lowest BCUT2D eigenvalue weighted by atomic mass is 9.77. The molecule has 1 aliphatic heterocycles. The summed E-state index contributed by atoms with van der Waals surface area (Å²) in [4.78, 5) is 13.0. The zero-order chi connectivity index (χ0) is 14.7. The van der Waals surface area contributed by atoms with Crippen LogP contribution in [0.1, 0.15) is 44.1 Å². The molecule has 1 atom stereocenters. The van der Waals surface area contributed by atoms with Crippen LogP contribution in [0.3, 0.4) is 0 Å². The first-order chi connectivity index (χ1) is 10.2. The van der Waals surface area contributed by atoms with E-state index in [0.29, 0.717) is 5.02 Å². The number of halogens is 1. The van der Waals surface area contributed by atoms with Gasteiger partial charge < -0.3 is 10.6 Å². The van der Waals surface area contributed by atoms with Crippen LogP contribution < -0.4 is 10.6 Å². The van der Waals surface area contributed by atoms with Gasteiger partial charge in [0.2, 0.25) is 5.91 Å². The average Bonchev–Trinajstić information content (AvgIpc) is 2.99. The minimum Gasteiger partial charge on any atom is -0.351 e. The lowest BCUT2D eigenvalue weighted by molar-refractivity contribution is -0.127. The number of rotatable bonds is 3. The summed E-state index contributed by atoms with van der Waals surface area (Å²) in [5.74, 6) is 0.191. The van der Waals surface area contributed by atoms with E-state index < -0.39 is 0 Å². The Kier molecular flexibility index (Phi) is 4.51. The van der Waals surface area contributed by atoms with E-state index in [-0.39, 0.29) is 17.4 Å². The molecule has 2 aliphatic rings. The Morgan fingerprint density at radius 3 is 2.76 bits per heavy atom. The van der Waals surface area contributed by atoms with Gasteiger partial charge in [-0.05, 0) is 49.9 Å². The molecule has 0 spiro atoms. The second-order valence-corrected chi connectivity index (χ2v) is 6.75. The van der Waals surface area contributed by atoms with Gasteiger partial charge in [0.05, 0.1) is 5.41 Å². The third kappa shape index (κ3) is 3.09. The van der Waals surface area contributed by atoms with Crippen LogP contribution >= 0.6 is 11.6 Å². The molecule has 2 fully saturated rings. The molecule has 1 amide bonds. The van der Waals surface area contributed by atoms with E-state index in [2.05, 4.69) is 16.7 Å². The van der Waals surface area contributed by atoms with E-state index >= 15 is 0 Å². The van der Waals surface area contributed by atoms with Crippen LogP contribution in [-0.2, 0) is 10.2 Å². The average molecular weight is 307 g/mol. The van der Waals surface area contributed by atoms with Gasteiger partial charge in [0.1, 0.15) is 0 Å². The molecule has 1 saturated heterocycles. The molecule has 0 bridgehead atoms. The number of carbonyl (C=O) groups excluding carboxylic acids is 1. The van der Waals surface area contributed by atoms with Gasteiger partial charge in [0.15, 0.2) is 0 Å². The van der Waals surface area contributed by atoms with Crippen molar-refractivity contribution in [2.24, 2.45) is 0 Å².